The zero-order valence-corrected chi connectivity index (χ0v) is 23.1. The van der Waals surface area contributed by atoms with Crippen LogP contribution in [0.4, 0.5) is 0 Å². The van der Waals surface area contributed by atoms with Gasteiger partial charge in [0.05, 0.1) is 57.6 Å². The van der Waals surface area contributed by atoms with Crippen molar-refractivity contribution in [3.05, 3.63) is 46.1 Å². The molecular weight excluding hydrogens is 510 g/mol. The summed E-state index contributed by atoms with van der Waals surface area (Å²) in [6, 6.07) is 4.78. The lowest BCUT2D eigenvalue weighted by Gasteiger charge is -2.37. The van der Waals surface area contributed by atoms with Gasteiger partial charge in [-0.25, -0.2) is 9.79 Å². The Balaban J connectivity index is 1.65. The van der Waals surface area contributed by atoms with Gasteiger partial charge in [-0.2, -0.15) is 0 Å². The molecule has 0 N–H and O–H groups in total. The van der Waals surface area contributed by atoms with Gasteiger partial charge in [0.25, 0.3) is 0 Å². The van der Waals surface area contributed by atoms with Crippen LogP contribution < -0.4 is 9.47 Å². The smallest absolute Gasteiger partial charge is 0.338 e. The molecule has 2 atom stereocenters. The average molecular weight is 544 g/mol. The number of amides is 1. The molecule has 38 heavy (non-hydrogen) atoms. The molecule has 0 aliphatic carbocycles. The monoisotopic (exact) mass is 543 g/mol. The Labute approximate surface area is 226 Å². The molecule has 10 nitrogen and oxygen atoms in total. The molecular formula is C27H33N3O7S. The van der Waals surface area contributed by atoms with Crippen LogP contribution in [0.15, 0.2) is 45.6 Å². The van der Waals surface area contributed by atoms with Crippen LogP contribution in [0, 0.1) is 5.92 Å². The van der Waals surface area contributed by atoms with Gasteiger partial charge in [-0.15, -0.1) is 0 Å². The maximum absolute atomic E-state index is 13.5. The number of nitrogens with zero attached hydrogens (tertiary/aromatic N) is 3. The molecule has 1 aromatic rings. The van der Waals surface area contributed by atoms with Crippen molar-refractivity contribution in [2.45, 2.75) is 39.2 Å². The summed E-state index contributed by atoms with van der Waals surface area (Å²) < 4.78 is 21.4. The SMILES string of the molecule is CCOC(=O)C1CCCN(C(=O)CC2=CSC3=NC(C)=C(C(=O)OC)C(c4ccc(OC)cc4OC)N23)C1. The number of allylic oxidation sites excluding steroid dienone is 1. The first kappa shape index (κ1) is 27.6. The van der Waals surface area contributed by atoms with Crippen molar-refractivity contribution in [3.63, 3.8) is 0 Å². The predicted octanol–water partition coefficient (Wildman–Crippen LogP) is 3.64. The Morgan fingerprint density at radius 1 is 1.16 bits per heavy atom. The molecule has 0 saturated carbocycles. The van der Waals surface area contributed by atoms with Gasteiger partial charge in [0.15, 0.2) is 5.17 Å². The molecule has 0 aromatic heterocycles. The van der Waals surface area contributed by atoms with Crippen LogP contribution >= 0.6 is 11.8 Å². The van der Waals surface area contributed by atoms with Crippen molar-refractivity contribution < 1.29 is 33.3 Å². The minimum absolute atomic E-state index is 0.0873. The molecule has 0 spiro atoms. The summed E-state index contributed by atoms with van der Waals surface area (Å²) >= 11 is 1.40. The number of carbonyl (C=O) groups excluding carboxylic acids is 3. The van der Waals surface area contributed by atoms with E-state index in [9.17, 15) is 14.4 Å². The number of benzene rings is 1. The second-order valence-electron chi connectivity index (χ2n) is 9.10. The number of hydrogen-bond donors (Lipinski definition) is 0. The standard InChI is InChI=1S/C27H33N3O7S/c1-6-37-25(32)17-8-7-11-29(14-17)22(31)12-18-15-38-27-28-16(2)23(26(33)36-5)24(30(18)27)20-10-9-19(34-3)13-21(20)35-4/h9-10,13,15,17,24H,6-8,11-12,14H2,1-5H3. The van der Waals surface area contributed by atoms with Crippen molar-refractivity contribution in [2.24, 2.45) is 10.9 Å². The molecule has 1 aromatic carbocycles. The average Bonchev–Trinajstić information content (AvgIpc) is 3.33. The first-order valence-corrected chi connectivity index (χ1v) is 13.4. The Hall–Kier alpha value is -3.47. The van der Waals surface area contributed by atoms with E-state index in [1.807, 2.05) is 16.4 Å². The number of amidine groups is 1. The predicted molar refractivity (Wildman–Crippen MR) is 143 cm³/mol. The highest BCUT2D eigenvalue weighted by molar-refractivity contribution is 8.16. The van der Waals surface area contributed by atoms with Crippen LogP contribution in [0.25, 0.3) is 0 Å². The molecule has 4 rings (SSSR count). The van der Waals surface area contributed by atoms with E-state index in [1.54, 1.807) is 45.1 Å². The Morgan fingerprint density at radius 2 is 1.95 bits per heavy atom. The number of hydrogen-bond acceptors (Lipinski definition) is 10. The van der Waals surface area contributed by atoms with Gasteiger partial charge in [0, 0.05) is 30.4 Å². The number of esters is 2. The van der Waals surface area contributed by atoms with Crippen molar-refractivity contribution in [3.8, 4) is 11.5 Å². The van der Waals surface area contributed by atoms with E-state index in [-0.39, 0.29) is 24.2 Å². The van der Waals surface area contributed by atoms with Crippen molar-refractivity contribution in [1.82, 2.24) is 9.80 Å². The van der Waals surface area contributed by atoms with Crippen molar-refractivity contribution >= 4 is 34.8 Å². The number of thioether (sulfide) groups is 1. The van der Waals surface area contributed by atoms with Gasteiger partial charge in [0.2, 0.25) is 5.91 Å². The minimum atomic E-state index is -0.626. The lowest BCUT2D eigenvalue weighted by Crippen LogP contribution is -2.44. The lowest BCUT2D eigenvalue weighted by molar-refractivity contribution is -0.151. The topological polar surface area (TPSA) is 107 Å². The second-order valence-corrected chi connectivity index (χ2v) is 9.94. The molecule has 3 aliphatic rings. The molecule has 1 saturated heterocycles. The summed E-state index contributed by atoms with van der Waals surface area (Å²) in [6.45, 7) is 4.78. The Kier molecular flexibility index (Phi) is 8.65. The van der Waals surface area contributed by atoms with Crippen LogP contribution in [0.3, 0.4) is 0 Å². The minimum Gasteiger partial charge on any atom is -0.497 e. The van der Waals surface area contributed by atoms with Crippen LogP contribution in [0.5, 0.6) is 11.5 Å². The van der Waals surface area contributed by atoms with E-state index < -0.39 is 12.0 Å². The molecule has 3 heterocycles. The van der Waals surface area contributed by atoms with Crippen LogP contribution in [-0.4, -0.2) is 73.8 Å². The third kappa shape index (κ3) is 5.38. The number of likely N-dealkylation sites (tertiary alicyclic amines) is 1. The maximum Gasteiger partial charge on any atom is 0.338 e. The highest BCUT2D eigenvalue weighted by Gasteiger charge is 2.43. The van der Waals surface area contributed by atoms with Crippen molar-refractivity contribution in [1.29, 1.82) is 0 Å². The highest BCUT2D eigenvalue weighted by atomic mass is 32.2. The van der Waals surface area contributed by atoms with E-state index in [0.717, 1.165) is 6.42 Å². The van der Waals surface area contributed by atoms with E-state index in [1.165, 1.54) is 18.9 Å². The molecule has 11 heteroatoms. The van der Waals surface area contributed by atoms with Crippen LogP contribution in [0.2, 0.25) is 0 Å². The third-order valence-corrected chi connectivity index (χ3v) is 7.76. The van der Waals surface area contributed by atoms with Crippen LogP contribution in [0.1, 0.15) is 44.7 Å². The van der Waals surface area contributed by atoms with E-state index >= 15 is 0 Å². The normalized spacial score (nSPS) is 20.9. The number of methoxy groups -OCH3 is 3. The number of carbonyl (C=O) groups is 3. The fourth-order valence-electron chi connectivity index (χ4n) is 5.00. The fraction of sp³-hybridized carbons (Fsp3) is 0.481. The molecule has 0 bridgehead atoms. The fourth-order valence-corrected chi connectivity index (χ4v) is 5.97. The summed E-state index contributed by atoms with van der Waals surface area (Å²) in [5.74, 6) is -0.0533. The van der Waals surface area contributed by atoms with Crippen molar-refractivity contribution in [2.75, 3.05) is 41.0 Å². The summed E-state index contributed by atoms with van der Waals surface area (Å²) in [5.41, 5.74) is 2.31. The number of piperidine rings is 1. The maximum atomic E-state index is 13.5. The zero-order valence-electron chi connectivity index (χ0n) is 22.3. The molecule has 0 radical (unpaired) electrons. The number of aliphatic imine (C=N–C) groups is 1. The quantitative estimate of drug-likeness (QED) is 0.454. The van der Waals surface area contributed by atoms with Gasteiger partial charge in [-0.1, -0.05) is 11.8 Å². The molecule has 1 fully saturated rings. The molecule has 1 amide bonds. The Morgan fingerprint density at radius 3 is 2.63 bits per heavy atom. The summed E-state index contributed by atoms with van der Waals surface area (Å²) in [6.07, 6.45) is 1.53. The lowest BCUT2D eigenvalue weighted by atomic mass is 9.92. The second kappa shape index (κ2) is 11.9. The molecule has 3 aliphatic heterocycles. The summed E-state index contributed by atoms with van der Waals surface area (Å²) in [4.78, 5) is 47.1. The first-order valence-electron chi connectivity index (χ1n) is 12.5. The summed E-state index contributed by atoms with van der Waals surface area (Å²) in [7, 11) is 4.46. The highest BCUT2D eigenvalue weighted by Crippen LogP contribution is 2.47. The largest absolute Gasteiger partial charge is 0.497 e. The number of ether oxygens (including phenoxy) is 4. The molecule has 204 valence electrons. The van der Waals surface area contributed by atoms with Gasteiger partial charge in [-0.05, 0) is 44.2 Å². The van der Waals surface area contributed by atoms with E-state index in [0.29, 0.717) is 65.3 Å². The first-order chi connectivity index (χ1) is 18.3. The van der Waals surface area contributed by atoms with Gasteiger partial charge >= 0.3 is 11.9 Å². The van der Waals surface area contributed by atoms with E-state index in [4.69, 9.17) is 18.9 Å². The number of fused-ring (bicyclic) bond motifs is 1. The summed E-state index contributed by atoms with van der Waals surface area (Å²) in [5, 5.41) is 2.55. The molecule has 2 unspecified atom stereocenters. The zero-order chi connectivity index (χ0) is 27.4. The van der Waals surface area contributed by atoms with Gasteiger partial charge < -0.3 is 28.7 Å². The van der Waals surface area contributed by atoms with Gasteiger partial charge in [-0.3, -0.25) is 9.59 Å². The third-order valence-electron chi connectivity index (χ3n) is 6.87. The van der Waals surface area contributed by atoms with Crippen LogP contribution in [-0.2, 0) is 23.9 Å². The van der Waals surface area contributed by atoms with E-state index in [2.05, 4.69) is 4.99 Å². The number of rotatable bonds is 8. The van der Waals surface area contributed by atoms with Gasteiger partial charge in [0.1, 0.15) is 11.5 Å². The Bertz CT molecular complexity index is 1210.